The highest BCUT2D eigenvalue weighted by atomic mass is 32.2. The predicted octanol–water partition coefficient (Wildman–Crippen LogP) is 5.28. The van der Waals surface area contributed by atoms with Crippen LogP contribution in [0, 0.1) is 0 Å². The summed E-state index contributed by atoms with van der Waals surface area (Å²) in [6, 6.07) is 3.90. The molecule has 2 aromatic rings. The molecule has 4 rings (SSSR count). The van der Waals surface area contributed by atoms with Crippen LogP contribution in [0.5, 0.6) is 0 Å². The smallest absolute Gasteiger partial charge is 0.106 e. The van der Waals surface area contributed by atoms with Gasteiger partial charge in [0, 0.05) is 11.1 Å². The van der Waals surface area contributed by atoms with E-state index >= 15 is 0 Å². The van der Waals surface area contributed by atoms with Crippen molar-refractivity contribution in [3.05, 3.63) is 34.0 Å². The van der Waals surface area contributed by atoms with Crippen molar-refractivity contribution in [2.45, 2.75) is 83.8 Å². The Labute approximate surface area is 165 Å². The summed E-state index contributed by atoms with van der Waals surface area (Å²) in [5.74, 6) is 0. The summed E-state index contributed by atoms with van der Waals surface area (Å²) in [4.78, 5) is 0. The molecule has 2 fully saturated rings. The van der Waals surface area contributed by atoms with Gasteiger partial charge in [0.2, 0.25) is 0 Å². The van der Waals surface area contributed by atoms with Crippen LogP contribution in [0.3, 0.4) is 0 Å². The van der Waals surface area contributed by atoms with Crippen molar-refractivity contribution >= 4 is 33.5 Å². The number of thiophene rings is 2. The van der Waals surface area contributed by atoms with Crippen molar-refractivity contribution < 1.29 is 14.4 Å². The summed E-state index contributed by atoms with van der Waals surface area (Å²) < 4.78 is 15.0. The van der Waals surface area contributed by atoms with Gasteiger partial charge in [-0.3, -0.25) is 0 Å². The van der Waals surface area contributed by atoms with E-state index in [9.17, 15) is 14.4 Å². The van der Waals surface area contributed by atoms with Crippen molar-refractivity contribution in [3.63, 3.8) is 0 Å². The van der Waals surface area contributed by atoms with Gasteiger partial charge in [-0.25, -0.2) is 4.21 Å². The van der Waals surface area contributed by atoms with Crippen LogP contribution < -0.4 is 0 Å². The molecule has 0 amide bonds. The molecule has 2 aliphatic rings. The predicted molar refractivity (Wildman–Crippen MR) is 107 cm³/mol. The van der Waals surface area contributed by atoms with Crippen molar-refractivity contribution in [1.82, 2.24) is 0 Å². The van der Waals surface area contributed by atoms with E-state index in [0.717, 1.165) is 83.8 Å². The van der Waals surface area contributed by atoms with Crippen LogP contribution in [0.4, 0.5) is 0 Å². The largest absolute Gasteiger partial charge is 0.385 e. The molecule has 26 heavy (non-hydrogen) atoms. The number of rotatable bonds is 4. The lowest BCUT2D eigenvalue weighted by Crippen LogP contribution is -2.30. The van der Waals surface area contributed by atoms with Crippen molar-refractivity contribution in [2.24, 2.45) is 0 Å². The standard InChI is InChI=1S/C20H26O3S3/c21-19(9-3-1-4-10-19)15-7-13-24-17(15)26(23)18-16(8-14-25-18)20(22)11-5-2-6-12-20/h7-8,13-14,21-22H,1-6,9-12H2. The Morgan fingerprint density at radius 1 is 0.731 bits per heavy atom. The lowest BCUT2D eigenvalue weighted by atomic mass is 9.81. The molecule has 0 aliphatic heterocycles. The molecular weight excluding hydrogens is 384 g/mol. The number of aliphatic hydroxyl groups is 2. The fourth-order valence-electron chi connectivity index (χ4n) is 4.46. The second-order valence-electron chi connectivity index (χ2n) is 7.70. The molecule has 0 aromatic carbocycles. The van der Waals surface area contributed by atoms with Gasteiger partial charge < -0.3 is 10.2 Å². The minimum absolute atomic E-state index is 0.745. The van der Waals surface area contributed by atoms with Crippen LogP contribution >= 0.6 is 22.7 Å². The van der Waals surface area contributed by atoms with Crippen LogP contribution in [0.2, 0.25) is 0 Å². The molecule has 0 bridgehead atoms. The Morgan fingerprint density at radius 3 is 1.50 bits per heavy atom. The maximum Gasteiger partial charge on any atom is 0.106 e. The Bertz CT molecular complexity index is 716. The average molecular weight is 411 g/mol. The number of hydrogen-bond donors (Lipinski definition) is 2. The van der Waals surface area contributed by atoms with Crippen molar-refractivity contribution in [1.29, 1.82) is 0 Å². The zero-order chi connectivity index (χ0) is 18.2. The molecule has 2 heterocycles. The summed E-state index contributed by atoms with van der Waals surface area (Å²) >= 11 is 2.93. The van der Waals surface area contributed by atoms with Gasteiger partial charge in [-0.05, 0) is 48.6 Å². The first-order chi connectivity index (χ1) is 12.5. The summed E-state index contributed by atoms with van der Waals surface area (Å²) in [7, 11) is -1.35. The summed E-state index contributed by atoms with van der Waals surface area (Å²) in [5, 5.41) is 26.2. The van der Waals surface area contributed by atoms with Gasteiger partial charge >= 0.3 is 0 Å². The van der Waals surface area contributed by atoms with Gasteiger partial charge in [0.1, 0.15) is 19.2 Å². The minimum Gasteiger partial charge on any atom is -0.385 e. The molecule has 6 heteroatoms. The summed E-state index contributed by atoms with van der Waals surface area (Å²) in [6.45, 7) is 0. The lowest BCUT2D eigenvalue weighted by Gasteiger charge is -2.33. The maximum absolute atomic E-state index is 13.5. The highest BCUT2D eigenvalue weighted by Gasteiger charge is 2.38. The van der Waals surface area contributed by atoms with E-state index in [4.69, 9.17) is 0 Å². The van der Waals surface area contributed by atoms with E-state index in [1.807, 2.05) is 22.9 Å². The van der Waals surface area contributed by atoms with Crippen LogP contribution in [-0.4, -0.2) is 14.4 Å². The van der Waals surface area contributed by atoms with E-state index in [-0.39, 0.29) is 0 Å². The normalized spacial score (nSPS) is 22.6. The highest BCUT2D eigenvalue weighted by molar-refractivity contribution is 7.89. The van der Waals surface area contributed by atoms with Gasteiger partial charge in [0.05, 0.1) is 11.2 Å². The molecule has 0 unspecified atom stereocenters. The Balaban J connectivity index is 1.68. The molecule has 142 valence electrons. The summed E-state index contributed by atoms with van der Waals surface area (Å²) in [5.41, 5.74) is -0.00353. The van der Waals surface area contributed by atoms with Gasteiger partial charge in [-0.1, -0.05) is 38.5 Å². The molecule has 2 aliphatic carbocycles. The van der Waals surface area contributed by atoms with E-state index in [0.29, 0.717) is 0 Å². The van der Waals surface area contributed by atoms with E-state index in [2.05, 4.69) is 0 Å². The molecule has 2 N–H and O–H groups in total. The third-order valence-corrected chi connectivity index (χ3v) is 9.97. The van der Waals surface area contributed by atoms with E-state index in [1.165, 1.54) is 22.7 Å². The molecule has 0 saturated heterocycles. The van der Waals surface area contributed by atoms with Gasteiger partial charge in [-0.15, -0.1) is 22.7 Å². The van der Waals surface area contributed by atoms with Crippen LogP contribution in [0.1, 0.15) is 75.3 Å². The van der Waals surface area contributed by atoms with Crippen LogP contribution in [-0.2, 0) is 22.0 Å². The van der Waals surface area contributed by atoms with E-state index < -0.39 is 22.0 Å². The maximum atomic E-state index is 13.5. The van der Waals surface area contributed by atoms with Gasteiger partial charge in [0.25, 0.3) is 0 Å². The molecule has 0 radical (unpaired) electrons. The molecule has 2 aromatic heterocycles. The second-order valence-corrected chi connectivity index (χ2v) is 11.4. The first-order valence-corrected chi connectivity index (χ1v) is 12.5. The van der Waals surface area contributed by atoms with Crippen LogP contribution in [0.25, 0.3) is 0 Å². The highest BCUT2D eigenvalue weighted by Crippen LogP contribution is 2.46. The lowest BCUT2D eigenvalue weighted by molar-refractivity contribution is -0.00266. The average Bonchev–Trinajstić information content (AvgIpc) is 3.33. The Hall–Kier alpha value is -0.530. The third kappa shape index (κ3) is 3.35. The second kappa shape index (κ2) is 7.47. The van der Waals surface area contributed by atoms with E-state index in [1.54, 1.807) is 0 Å². The monoisotopic (exact) mass is 410 g/mol. The first kappa shape index (κ1) is 18.8. The zero-order valence-corrected chi connectivity index (χ0v) is 17.4. The third-order valence-electron chi connectivity index (χ3n) is 5.96. The Morgan fingerprint density at radius 2 is 1.12 bits per heavy atom. The Kier molecular flexibility index (Phi) is 5.41. The van der Waals surface area contributed by atoms with Crippen molar-refractivity contribution in [3.8, 4) is 0 Å². The summed E-state index contributed by atoms with van der Waals surface area (Å²) in [6.07, 6.45) is 9.37. The topological polar surface area (TPSA) is 57.5 Å². The van der Waals surface area contributed by atoms with Crippen molar-refractivity contribution in [2.75, 3.05) is 0 Å². The fraction of sp³-hybridized carbons (Fsp3) is 0.600. The van der Waals surface area contributed by atoms with Gasteiger partial charge in [0.15, 0.2) is 0 Å². The van der Waals surface area contributed by atoms with Crippen LogP contribution in [0.15, 0.2) is 31.3 Å². The quantitative estimate of drug-likeness (QED) is 0.721. The number of hydrogen-bond acceptors (Lipinski definition) is 5. The molecule has 0 spiro atoms. The fourth-order valence-corrected chi connectivity index (χ4v) is 8.66. The molecular formula is C20H26O3S3. The molecule has 0 atom stereocenters. The first-order valence-electron chi connectivity index (χ1n) is 9.56. The SMILES string of the molecule is O=S(c1sccc1C1(O)CCCCC1)c1sccc1C1(O)CCCCC1. The minimum atomic E-state index is -1.35. The zero-order valence-electron chi connectivity index (χ0n) is 14.9. The van der Waals surface area contributed by atoms with Gasteiger partial charge in [-0.2, -0.15) is 0 Å². The molecule has 2 saturated carbocycles. The molecule has 3 nitrogen and oxygen atoms in total.